The third kappa shape index (κ3) is 3.51. The molecule has 4 heterocycles. The number of piperidine rings is 1. The van der Waals surface area contributed by atoms with E-state index in [1.54, 1.807) is 4.90 Å². The average Bonchev–Trinajstić information content (AvgIpc) is 3.36. The first-order valence-corrected chi connectivity index (χ1v) is 10.0. The van der Waals surface area contributed by atoms with Gasteiger partial charge in [0, 0.05) is 37.6 Å². The molecule has 2 fully saturated rings. The molecule has 0 bridgehead atoms. The lowest BCUT2D eigenvalue weighted by molar-refractivity contribution is -0.132. The molecular formula is C18H23N5O2S. The summed E-state index contributed by atoms with van der Waals surface area (Å²) in [6.45, 7) is 4.25. The van der Waals surface area contributed by atoms with Gasteiger partial charge < -0.3 is 4.90 Å². The van der Waals surface area contributed by atoms with Crippen molar-refractivity contribution >= 4 is 28.3 Å². The van der Waals surface area contributed by atoms with Crippen molar-refractivity contribution in [3.05, 3.63) is 29.0 Å². The van der Waals surface area contributed by atoms with Gasteiger partial charge in [0.05, 0.1) is 24.4 Å². The van der Waals surface area contributed by atoms with Gasteiger partial charge >= 0.3 is 0 Å². The maximum Gasteiger partial charge on any atom is 0.228 e. The van der Waals surface area contributed by atoms with Crippen molar-refractivity contribution in [2.45, 2.75) is 45.1 Å². The maximum absolute atomic E-state index is 12.7. The first kappa shape index (κ1) is 17.2. The Morgan fingerprint density at radius 2 is 2.23 bits per heavy atom. The Morgan fingerprint density at radius 1 is 1.35 bits per heavy atom. The van der Waals surface area contributed by atoms with Gasteiger partial charge in [-0.25, -0.2) is 4.98 Å². The highest BCUT2D eigenvalue weighted by Crippen LogP contribution is 2.26. The van der Waals surface area contributed by atoms with Crippen LogP contribution in [0.2, 0.25) is 0 Å². The summed E-state index contributed by atoms with van der Waals surface area (Å²) in [5, 5.41) is 7.02. The van der Waals surface area contributed by atoms with E-state index in [0.717, 1.165) is 48.7 Å². The molecule has 0 aromatic carbocycles. The van der Waals surface area contributed by atoms with E-state index in [4.69, 9.17) is 0 Å². The van der Waals surface area contributed by atoms with Crippen LogP contribution in [0.25, 0.3) is 0 Å². The smallest absolute Gasteiger partial charge is 0.228 e. The minimum absolute atomic E-state index is 0.100. The number of aromatic nitrogens is 3. The molecule has 4 rings (SSSR count). The van der Waals surface area contributed by atoms with Crippen LogP contribution in [-0.4, -0.2) is 51.1 Å². The topological polar surface area (TPSA) is 71.3 Å². The molecule has 2 saturated heterocycles. The van der Waals surface area contributed by atoms with Crippen LogP contribution in [0.1, 0.15) is 43.0 Å². The molecule has 2 aromatic heterocycles. The number of amides is 2. The van der Waals surface area contributed by atoms with Crippen LogP contribution in [0.3, 0.4) is 0 Å². The highest BCUT2D eigenvalue weighted by atomic mass is 32.1. The lowest BCUT2D eigenvalue weighted by Gasteiger charge is -2.32. The Balaban J connectivity index is 1.38. The molecule has 2 aliphatic rings. The summed E-state index contributed by atoms with van der Waals surface area (Å²) in [7, 11) is 0. The average molecular weight is 373 g/mol. The summed E-state index contributed by atoms with van der Waals surface area (Å²) < 4.78 is 1.98. The third-order valence-corrected chi connectivity index (χ3v) is 5.94. The van der Waals surface area contributed by atoms with Gasteiger partial charge in [-0.2, -0.15) is 5.10 Å². The molecule has 2 amide bonds. The molecule has 0 radical (unpaired) electrons. The van der Waals surface area contributed by atoms with Crippen molar-refractivity contribution in [2.75, 3.05) is 24.5 Å². The van der Waals surface area contributed by atoms with Gasteiger partial charge in [0.2, 0.25) is 11.8 Å². The molecular weight excluding hydrogens is 350 g/mol. The lowest BCUT2D eigenvalue weighted by Crippen LogP contribution is -2.41. The van der Waals surface area contributed by atoms with Gasteiger partial charge in [-0.05, 0) is 31.7 Å². The van der Waals surface area contributed by atoms with Crippen molar-refractivity contribution in [3.8, 4) is 0 Å². The van der Waals surface area contributed by atoms with Crippen LogP contribution in [0.4, 0.5) is 5.13 Å². The molecule has 2 aromatic rings. The Kier molecular flexibility index (Phi) is 4.76. The van der Waals surface area contributed by atoms with E-state index in [-0.39, 0.29) is 17.9 Å². The van der Waals surface area contributed by atoms with E-state index in [9.17, 15) is 9.59 Å². The lowest BCUT2D eigenvalue weighted by atomic mass is 10.1. The van der Waals surface area contributed by atoms with Crippen LogP contribution in [0.5, 0.6) is 0 Å². The van der Waals surface area contributed by atoms with Gasteiger partial charge in [-0.1, -0.05) is 0 Å². The molecule has 0 N–H and O–H groups in total. The highest BCUT2D eigenvalue weighted by Gasteiger charge is 2.27. The Morgan fingerprint density at radius 3 is 2.96 bits per heavy atom. The van der Waals surface area contributed by atoms with Crippen molar-refractivity contribution < 1.29 is 9.59 Å². The third-order valence-electron chi connectivity index (χ3n) is 5.03. The summed E-state index contributed by atoms with van der Waals surface area (Å²) in [6, 6.07) is 0.245. The molecule has 138 valence electrons. The number of anilines is 1. The summed E-state index contributed by atoms with van der Waals surface area (Å²) in [6.07, 6.45) is 7.70. The zero-order valence-corrected chi connectivity index (χ0v) is 15.7. The second kappa shape index (κ2) is 7.19. The minimum Gasteiger partial charge on any atom is -0.340 e. The van der Waals surface area contributed by atoms with E-state index < -0.39 is 0 Å². The van der Waals surface area contributed by atoms with Crippen molar-refractivity contribution in [3.63, 3.8) is 0 Å². The molecule has 8 heteroatoms. The molecule has 26 heavy (non-hydrogen) atoms. The molecule has 7 nitrogen and oxygen atoms in total. The van der Waals surface area contributed by atoms with Gasteiger partial charge in [-0.15, -0.1) is 11.3 Å². The molecule has 0 saturated carbocycles. The normalized spacial score (nSPS) is 20.8. The maximum atomic E-state index is 12.7. The van der Waals surface area contributed by atoms with E-state index in [2.05, 4.69) is 10.1 Å². The molecule has 1 unspecified atom stereocenters. The first-order valence-electron chi connectivity index (χ1n) is 9.13. The zero-order chi connectivity index (χ0) is 18.1. The zero-order valence-electron chi connectivity index (χ0n) is 14.9. The summed E-state index contributed by atoms with van der Waals surface area (Å²) in [4.78, 5) is 32.7. The van der Waals surface area contributed by atoms with Crippen LogP contribution in [0.15, 0.2) is 17.8 Å². The summed E-state index contributed by atoms with van der Waals surface area (Å²) >= 11 is 1.45. The molecule has 0 aliphatic carbocycles. The highest BCUT2D eigenvalue weighted by molar-refractivity contribution is 7.14. The SMILES string of the molecule is Cc1cnn(C2CCCN(C(=O)Cc3csc(N4CCCC4=O)n3)C2)c1. The van der Waals surface area contributed by atoms with Crippen LogP contribution >= 0.6 is 11.3 Å². The number of aryl methyl sites for hydroxylation is 1. The first-order chi connectivity index (χ1) is 12.6. The van der Waals surface area contributed by atoms with Crippen molar-refractivity contribution in [1.29, 1.82) is 0 Å². The Labute approximate surface area is 156 Å². The number of rotatable bonds is 4. The monoisotopic (exact) mass is 373 g/mol. The van der Waals surface area contributed by atoms with Crippen LogP contribution < -0.4 is 4.90 Å². The molecule has 2 aliphatic heterocycles. The van der Waals surface area contributed by atoms with Gasteiger partial charge in [0.1, 0.15) is 0 Å². The van der Waals surface area contributed by atoms with Gasteiger partial charge in [0.25, 0.3) is 0 Å². The number of nitrogens with zero attached hydrogens (tertiary/aromatic N) is 5. The van der Waals surface area contributed by atoms with Gasteiger partial charge in [-0.3, -0.25) is 19.2 Å². The summed E-state index contributed by atoms with van der Waals surface area (Å²) in [5.41, 5.74) is 1.90. The fraction of sp³-hybridized carbons (Fsp3) is 0.556. The second-order valence-corrected chi connectivity index (χ2v) is 7.92. The van der Waals surface area contributed by atoms with Crippen LogP contribution in [0, 0.1) is 6.92 Å². The van der Waals surface area contributed by atoms with Crippen LogP contribution in [-0.2, 0) is 16.0 Å². The number of carbonyl (C=O) groups is 2. The molecule has 0 spiro atoms. The van der Waals surface area contributed by atoms with E-state index in [0.29, 0.717) is 19.4 Å². The number of hydrogen-bond donors (Lipinski definition) is 0. The fourth-order valence-corrected chi connectivity index (χ4v) is 4.52. The van der Waals surface area contributed by atoms with E-state index in [1.165, 1.54) is 11.3 Å². The van der Waals surface area contributed by atoms with Gasteiger partial charge in [0.15, 0.2) is 5.13 Å². The largest absolute Gasteiger partial charge is 0.340 e. The Hall–Kier alpha value is -2.22. The summed E-state index contributed by atoms with van der Waals surface area (Å²) in [5.74, 6) is 0.230. The minimum atomic E-state index is 0.100. The predicted octanol–water partition coefficient (Wildman–Crippen LogP) is 2.18. The standard InChI is InChI=1S/C18H23N5O2S/c1-13-9-19-23(10-13)15-4-2-6-21(11-15)17(25)8-14-12-26-18(20-14)22-7-3-5-16(22)24/h9-10,12,15H,2-8,11H2,1H3. The number of thiazole rings is 1. The quantitative estimate of drug-likeness (QED) is 0.824. The van der Waals surface area contributed by atoms with E-state index >= 15 is 0 Å². The fourth-order valence-electron chi connectivity index (χ4n) is 3.65. The second-order valence-electron chi connectivity index (χ2n) is 7.08. The predicted molar refractivity (Wildman–Crippen MR) is 99.2 cm³/mol. The van der Waals surface area contributed by atoms with E-state index in [1.807, 2.05) is 34.3 Å². The van der Waals surface area contributed by atoms with Crippen molar-refractivity contribution in [2.24, 2.45) is 0 Å². The molecule has 1 atom stereocenters. The number of carbonyl (C=O) groups excluding carboxylic acids is 2. The number of hydrogen-bond acceptors (Lipinski definition) is 5. The van der Waals surface area contributed by atoms with Crippen molar-refractivity contribution in [1.82, 2.24) is 19.7 Å². The Bertz CT molecular complexity index is 814. The number of likely N-dealkylation sites (tertiary alicyclic amines) is 1.